The van der Waals surface area contributed by atoms with Crippen LogP contribution in [0.2, 0.25) is 0 Å². The Bertz CT molecular complexity index is 162. The predicted octanol–water partition coefficient (Wildman–Crippen LogP) is -0.414. The third-order valence-corrected chi connectivity index (χ3v) is 1.55. The molecule has 0 fully saturated rings. The molecule has 0 atom stereocenters. The third kappa shape index (κ3) is 2.38. The fourth-order valence-electron chi connectivity index (χ4n) is 0.580. The summed E-state index contributed by atoms with van der Waals surface area (Å²) >= 11 is 1.23. The number of hydrogen-bond acceptors (Lipinski definition) is 5. The van der Waals surface area contributed by atoms with Crippen molar-refractivity contribution in [1.82, 2.24) is 14.1 Å². The maximum absolute atomic E-state index is 5.27. The predicted molar refractivity (Wildman–Crippen MR) is 40.7 cm³/mol. The van der Waals surface area contributed by atoms with Gasteiger partial charge in [0.15, 0.2) is 0 Å². The smallest absolute Gasteiger partial charge is 0.0880 e. The van der Waals surface area contributed by atoms with E-state index in [0.29, 0.717) is 6.54 Å². The van der Waals surface area contributed by atoms with Crippen LogP contribution in [-0.4, -0.2) is 21.8 Å². The second-order valence-electron chi connectivity index (χ2n) is 1.86. The Morgan fingerprint density at radius 3 is 3.20 bits per heavy atom. The molecule has 1 heterocycles. The maximum Gasteiger partial charge on any atom is 0.0880 e. The summed E-state index contributed by atoms with van der Waals surface area (Å²) in [5.41, 5.74) is 6.26. The topological polar surface area (TPSA) is 63.8 Å². The van der Waals surface area contributed by atoms with Crippen molar-refractivity contribution in [1.29, 1.82) is 0 Å². The highest BCUT2D eigenvalue weighted by Gasteiger charge is 1.92. The second kappa shape index (κ2) is 4.32. The van der Waals surface area contributed by atoms with E-state index in [1.807, 2.05) is 0 Å². The lowest BCUT2D eigenvalue weighted by atomic mass is 10.4. The molecule has 1 rings (SSSR count). The molecular formula is C5H10N4S. The van der Waals surface area contributed by atoms with Crippen molar-refractivity contribution < 1.29 is 0 Å². The molecule has 0 saturated heterocycles. The molecule has 10 heavy (non-hydrogen) atoms. The number of nitrogens with two attached hydrogens (primary N) is 1. The van der Waals surface area contributed by atoms with E-state index in [0.717, 1.165) is 18.8 Å². The lowest BCUT2D eigenvalue weighted by Gasteiger charge is -1.96. The Morgan fingerprint density at radius 1 is 1.70 bits per heavy atom. The minimum Gasteiger partial charge on any atom is -0.329 e. The molecule has 0 saturated carbocycles. The first-order chi connectivity index (χ1) is 4.93. The minimum absolute atomic E-state index is 0.664. The van der Waals surface area contributed by atoms with Gasteiger partial charge in [0.2, 0.25) is 0 Å². The van der Waals surface area contributed by atoms with Crippen LogP contribution in [0.5, 0.6) is 0 Å². The van der Waals surface area contributed by atoms with Crippen molar-refractivity contribution in [3.05, 3.63) is 11.9 Å². The zero-order chi connectivity index (χ0) is 7.23. The summed E-state index contributed by atoms with van der Waals surface area (Å²) in [5.74, 6) is 0. The summed E-state index contributed by atoms with van der Waals surface area (Å²) in [6, 6.07) is 0. The third-order valence-electron chi connectivity index (χ3n) is 1.03. The van der Waals surface area contributed by atoms with Crippen molar-refractivity contribution >= 4 is 11.7 Å². The van der Waals surface area contributed by atoms with E-state index in [1.54, 1.807) is 6.20 Å². The highest BCUT2D eigenvalue weighted by molar-refractivity contribution is 6.99. The highest BCUT2D eigenvalue weighted by atomic mass is 32.1. The monoisotopic (exact) mass is 158 g/mol. The summed E-state index contributed by atoms with van der Waals surface area (Å²) in [6.45, 7) is 2.27. The first-order valence-electron chi connectivity index (χ1n) is 3.10. The van der Waals surface area contributed by atoms with Gasteiger partial charge in [-0.15, -0.1) is 0 Å². The van der Waals surface area contributed by atoms with Crippen LogP contribution >= 0.6 is 11.7 Å². The van der Waals surface area contributed by atoms with Crippen LogP contribution in [-0.2, 0) is 6.54 Å². The molecule has 1 aromatic heterocycles. The molecule has 0 radical (unpaired) electrons. The Balaban J connectivity index is 2.15. The summed E-state index contributed by atoms with van der Waals surface area (Å²) in [6.07, 6.45) is 1.76. The number of nitrogens with zero attached hydrogens (tertiary/aromatic N) is 2. The number of nitrogens with one attached hydrogen (secondary N) is 1. The van der Waals surface area contributed by atoms with E-state index in [4.69, 9.17) is 5.73 Å². The van der Waals surface area contributed by atoms with E-state index in [2.05, 4.69) is 14.1 Å². The van der Waals surface area contributed by atoms with Gasteiger partial charge in [-0.25, -0.2) is 0 Å². The van der Waals surface area contributed by atoms with Gasteiger partial charge in [0.05, 0.1) is 23.6 Å². The van der Waals surface area contributed by atoms with Crippen molar-refractivity contribution in [2.45, 2.75) is 6.54 Å². The van der Waals surface area contributed by atoms with Gasteiger partial charge >= 0.3 is 0 Å². The number of aromatic nitrogens is 2. The Hall–Kier alpha value is -0.520. The summed E-state index contributed by atoms with van der Waals surface area (Å²) in [5, 5.41) is 3.12. The molecule has 3 N–H and O–H groups in total. The quantitative estimate of drug-likeness (QED) is 0.584. The number of hydrogen-bond donors (Lipinski definition) is 2. The van der Waals surface area contributed by atoms with Crippen LogP contribution in [0.3, 0.4) is 0 Å². The van der Waals surface area contributed by atoms with Gasteiger partial charge in [0, 0.05) is 19.6 Å². The molecule has 1 aromatic rings. The van der Waals surface area contributed by atoms with Crippen molar-refractivity contribution in [2.75, 3.05) is 13.1 Å². The van der Waals surface area contributed by atoms with Crippen LogP contribution in [0.4, 0.5) is 0 Å². The largest absolute Gasteiger partial charge is 0.329 e. The van der Waals surface area contributed by atoms with E-state index in [9.17, 15) is 0 Å². The van der Waals surface area contributed by atoms with E-state index in [-0.39, 0.29) is 0 Å². The van der Waals surface area contributed by atoms with Gasteiger partial charge in [-0.2, -0.15) is 8.75 Å². The average Bonchev–Trinajstić information content (AvgIpc) is 2.41. The Morgan fingerprint density at radius 2 is 2.60 bits per heavy atom. The zero-order valence-corrected chi connectivity index (χ0v) is 6.40. The molecule has 0 bridgehead atoms. The fraction of sp³-hybridized carbons (Fsp3) is 0.600. The van der Waals surface area contributed by atoms with E-state index < -0.39 is 0 Å². The summed E-state index contributed by atoms with van der Waals surface area (Å²) in [7, 11) is 0. The molecule has 4 nitrogen and oxygen atoms in total. The van der Waals surface area contributed by atoms with Crippen molar-refractivity contribution in [3.63, 3.8) is 0 Å². The van der Waals surface area contributed by atoms with Gasteiger partial charge in [0.1, 0.15) is 0 Å². The van der Waals surface area contributed by atoms with Crippen LogP contribution in [0, 0.1) is 0 Å². The highest BCUT2D eigenvalue weighted by Crippen LogP contribution is 1.92. The molecule has 0 unspecified atom stereocenters. The lowest BCUT2D eigenvalue weighted by molar-refractivity contribution is 0.686. The summed E-state index contributed by atoms with van der Waals surface area (Å²) in [4.78, 5) is 0. The summed E-state index contributed by atoms with van der Waals surface area (Å²) < 4.78 is 7.88. The van der Waals surface area contributed by atoms with Gasteiger partial charge in [-0.05, 0) is 0 Å². The number of rotatable bonds is 4. The molecule has 0 aliphatic heterocycles. The molecule has 0 spiro atoms. The van der Waals surface area contributed by atoms with Gasteiger partial charge in [-0.1, -0.05) is 0 Å². The Labute approximate surface area is 63.8 Å². The fourth-order valence-corrected chi connectivity index (χ4v) is 1.01. The molecule has 56 valence electrons. The molecule has 0 aliphatic rings. The normalized spacial score (nSPS) is 10.1. The zero-order valence-electron chi connectivity index (χ0n) is 5.58. The van der Waals surface area contributed by atoms with Crippen molar-refractivity contribution in [2.24, 2.45) is 5.73 Å². The first-order valence-corrected chi connectivity index (χ1v) is 3.83. The van der Waals surface area contributed by atoms with Gasteiger partial charge in [-0.3, -0.25) is 0 Å². The average molecular weight is 158 g/mol. The SMILES string of the molecule is NCCNCc1cnsn1. The molecule has 0 aromatic carbocycles. The van der Waals surface area contributed by atoms with E-state index >= 15 is 0 Å². The van der Waals surface area contributed by atoms with Crippen molar-refractivity contribution in [3.8, 4) is 0 Å². The van der Waals surface area contributed by atoms with Crippen LogP contribution in [0.25, 0.3) is 0 Å². The van der Waals surface area contributed by atoms with Gasteiger partial charge < -0.3 is 11.1 Å². The second-order valence-corrected chi connectivity index (χ2v) is 2.42. The molecule has 0 aliphatic carbocycles. The molecule has 5 heteroatoms. The first kappa shape index (κ1) is 7.59. The minimum atomic E-state index is 0.664. The van der Waals surface area contributed by atoms with Crippen LogP contribution < -0.4 is 11.1 Å². The lowest BCUT2D eigenvalue weighted by Crippen LogP contribution is -2.21. The molecular weight excluding hydrogens is 148 g/mol. The van der Waals surface area contributed by atoms with Crippen LogP contribution in [0.15, 0.2) is 6.20 Å². The standard InChI is InChI=1S/C5H10N4S/c6-1-2-7-3-5-4-8-10-9-5/h4,7H,1-3,6H2. The van der Waals surface area contributed by atoms with Crippen LogP contribution in [0.1, 0.15) is 5.69 Å². The Kier molecular flexibility index (Phi) is 3.28. The maximum atomic E-state index is 5.27. The van der Waals surface area contributed by atoms with E-state index in [1.165, 1.54) is 11.7 Å². The molecule has 0 amide bonds. The van der Waals surface area contributed by atoms with Gasteiger partial charge in [0.25, 0.3) is 0 Å².